The first-order valence-electron chi connectivity index (χ1n) is 9.50. The zero-order chi connectivity index (χ0) is 22.3. The Bertz CT molecular complexity index is 1090. The van der Waals surface area contributed by atoms with Crippen molar-refractivity contribution in [3.63, 3.8) is 0 Å². The molecule has 4 rings (SSSR count). The first-order valence-corrected chi connectivity index (χ1v) is 9.50. The van der Waals surface area contributed by atoms with Crippen LogP contribution in [0.2, 0.25) is 0 Å². The summed E-state index contributed by atoms with van der Waals surface area (Å²) in [5.74, 6) is -2.51. The molecule has 9 heteroatoms. The van der Waals surface area contributed by atoms with E-state index in [9.17, 15) is 22.0 Å². The highest BCUT2D eigenvalue weighted by atomic mass is 19.4. The number of fused-ring (bicyclic) bond motifs is 1. The van der Waals surface area contributed by atoms with Gasteiger partial charge in [-0.25, -0.2) is 13.2 Å². The molecule has 1 aliphatic rings. The zero-order valence-electron chi connectivity index (χ0n) is 16.3. The van der Waals surface area contributed by atoms with E-state index in [4.69, 9.17) is 0 Å². The fourth-order valence-electron chi connectivity index (χ4n) is 3.92. The highest BCUT2D eigenvalue weighted by molar-refractivity contribution is 5.62. The molecule has 2 heterocycles. The molecule has 0 saturated carbocycles. The summed E-state index contributed by atoms with van der Waals surface area (Å²) < 4.78 is 81.3. The van der Waals surface area contributed by atoms with Crippen molar-refractivity contribution >= 4 is 0 Å². The van der Waals surface area contributed by atoms with Gasteiger partial charge in [0.05, 0.1) is 5.69 Å². The second-order valence-electron chi connectivity index (χ2n) is 7.58. The lowest BCUT2D eigenvalue weighted by molar-refractivity contribution is -0.141. The minimum atomic E-state index is -4.64. The lowest BCUT2D eigenvalue weighted by atomic mass is 9.85. The summed E-state index contributed by atoms with van der Waals surface area (Å²) in [6.45, 7) is 0.795. The number of rotatable bonds is 2. The molecule has 2 aromatic carbocycles. The smallest absolute Gasteiger partial charge is 0.302 e. The Kier molecular flexibility index (Phi) is 5.47. The lowest BCUT2D eigenvalue weighted by Crippen LogP contribution is -2.18. The van der Waals surface area contributed by atoms with Crippen molar-refractivity contribution in [1.82, 2.24) is 15.1 Å². The van der Waals surface area contributed by atoms with Crippen molar-refractivity contribution in [1.29, 1.82) is 0 Å². The third-order valence-corrected chi connectivity index (χ3v) is 5.40. The van der Waals surface area contributed by atoms with E-state index in [1.165, 1.54) is 18.2 Å². The van der Waals surface area contributed by atoms with E-state index in [-0.39, 0.29) is 17.8 Å². The average Bonchev–Trinajstić information content (AvgIpc) is 2.86. The van der Waals surface area contributed by atoms with E-state index in [0.717, 1.165) is 18.2 Å². The summed E-state index contributed by atoms with van der Waals surface area (Å²) >= 11 is 0. The van der Waals surface area contributed by atoms with Crippen LogP contribution in [0.1, 0.15) is 34.7 Å². The maximum absolute atomic E-state index is 15.5. The topological polar surface area (TPSA) is 29.0 Å². The first-order chi connectivity index (χ1) is 14.6. The lowest BCUT2D eigenvalue weighted by Gasteiger charge is -2.19. The molecule has 1 aromatic heterocycles. The van der Waals surface area contributed by atoms with Gasteiger partial charge in [0.1, 0.15) is 17.5 Å². The van der Waals surface area contributed by atoms with Gasteiger partial charge < -0.3 is 4.90 Å². The molecule has 1 unspecified atom stereocenters. The van der Waals surface area contributed by atoms with E-state index in [1.807, 2.05) is 4.90 Å². The largest absolute Gasteiger partial charge is 0.435 e. The standard InChI is InChI=1S/C22H17F6N3/c1-31-7-6-15(12-8-13(23)10-14(24)9-12)16-2-3-17(21(25)18(16)11-31)19-4-5-20(30-29-19)22(26,27)28/h2-5,8-10,15H,6-7,11H2,1H3. The van der Waals surface area contributed by atoms with Crippen LogP contribution in [0.5, 0.6) is 0 Å². The van der Waals surface area contributed by atoms with E-state index < -0.39 is 35.2 Å². The van der Waals surface area contributed by atoms with Crippen molar-refractivity contribution in [2.24, 2.45) is 0 Å². The molecule has 162 valence electrons. The second kappa shape index (κ2) is 7.96. The minimum absolute atomic E-state index is 0.0134. The first kappa shape index (κ1) is 21.3. The molecule has 0 fully saturated rings. The van der Waals surface area contributed by atoms with Crippen molar-refractivity contribution in [2.75, 3.05) is 13.6 Å². The maximum Gasteiger partial charge on any atom is 0.435 e. The summed E-state index contributed by atoms with van der Waals surface area (Å²) in [4.78, 5) is 1.87. The Morgan fingerprint density at radius 3 is 2.26 bits per heavy atom. The number of aromatic nitrogens is 2. The summed E-state index contributed by atoms with van der Waals surface area (Å²) in [5.41, 5.74) is 0.104. The SMILES string of the molecule is CN1CCC(c2cc(F)cc(F)c2)c2ccc(-c3ccc(C(F)(F)F)nn3)c(F)c2C1. The van der Waals surface area contributed by atoms with Crippen molar-refractivity contribution in [2.45, 2.75) is 25.1 Å². The minimum Gasteiger partial charge on any atom is -0.302 e. The summed E-state index contributed by atoms with van der Waals surface area (Å²) in [6.07, 6.45) is -4.13. The van der Waals surface area contributed by atoms with Gasteiger partial charge in [0, 0.05) is 29.7 Å². The predicted octanol–water partition coefficient (Wildman–Crippen LogP) is 5.55. The number of alkyl halides is 3. The third kappa shape index (κ3) is 4.27. The van der Waals surface area contributed by atoms with Crippen LogP contribution in [-0.4, -0.2) is 28.7 Å². The molecular weight excluding hydrogens is 420 g/mol. The monoisotopic (exact) mass is 437 g/mol. The number of nitrogens with zero attached hydrogens (tertiary/aromatic N) is 3. The van der Waals surface area contributed by atoms with Gasteiger partial charge in [0.2, 0.25) is 0 Å². The maximum atomic E-state index is 15.5. The Morgan fingerprint density at radius 2 is 1.65 bits per heavy atom. The van der Waals surface area contributed by atoms with Gasteiger partial charge in [0.15, 0.2) is 5.69 Å². The van der Waals surface area contributed by atoms with Crippen LogP contribution in [0, 0.1) is 17.5 Å². The molecule has 0 spiro atoms. The van der Waals surface area contributed by atoms with Crippen LogP contribution in [-0.2, 0) is 12.7 Å². The third-order valence-electron chi connectivity index (χ3n) is 5.40. The summed E-state index contributed by atoms with van der Waals surface area (Å²) in [5, 5.41) is 6.70. The van der Waals surface area contributed by atoms with Gasteiger partial charge in [0.25, 0.3) is 0 Å². The molecule has 0 saturated heterocycles. The van der Waals surface area contributed by atoms with E-state index in [1.54, 1.807) is 13.1 Å². The summed E-state index contributed by atoms with van der Waals surface area (Å²) in [7, 11) is 1.79. The van der Waals surface area contributed by atoms with Crippen LogP contribution < -0.4 is 0 Å². The van der Waals surface area contributed by atoms with Crippen LogP contribution in [0.25, 0.3) is 11.3 Å². The highest BCUT2D eigenvalue weighted by Crippen LogP contribution is 2.38. The molecule has 1 atom stereocenters. The van der Waals surface area contributed by atoms with E-state index in [2.05, 4.69) is 10.2 Å². The molecule has 31 heavy (non-hydrogen) atoms. The van der Waals surface area contributed by atoms with E-state index >= 15 is 4.39 Å². The molecule has 3 aromatic rings. The molecule has 0 amide bonds. The fourth-order valence-corrected chi connectivity index (χ4v) is 3.92. The van der Waals surface area contributed by atoms with Gasteiger partial charge in [-0.05, 0) is 61.5 Å². The zero-order valence-corrected chi connectivity index (χ0v) is 16.3. The molecular formula is C22H17F6N3. The van der Waals surface area contributed by atoms with Crippen molar-refractivity contribution in [3.05, 3.63) is 82.3 Å². The van der Waals surface area contributed by atoms with Gasteiger partial charge >= 0.3 is 6.18 Å². The number of halogens is 6. The summed E-state index contributed by atoms with van der Waals surface area (Å²) in [6, 6.07) is 8.11. The van der Waals surface area contributed by atoms with Gasteiger partial charge in [-0.3, -0.25) is 0 Å². The van der Waals surface area contributed by atoms with Gasteiger partial charge in [-0.1, -0.05) is 6.07 Å². The molecule has 0 aliphatic carbocycles. The molecule has 3 nitrogen and oxygen atoms in total. The Morgan fingerprint density at radius 1 is 0.935 bits per heavy atom. The number of hydrogen-bond acceptors (Lipinski definition) is 3. The Labute approximate surface area is 174 Å². The second-order valence-corrected chi connectivity index (χ2v) is 7.58. The van der Waals surface area contributed by atoms with Crippen LogP contribution in [0.3, 0.4) is 0 Å². The quantitative estimate of drug-likeness (QED) is 0.493. The van der Waals surface area contributed by atoms with Crippen LogP contribution in [0.4, 0.5) is 26.3 Å². The van der Waals surface area contributed by atoms with Crippen molar-refractivity contribution < 1.29 is 26.3 Å². The Hall–Kier alpha value is -2.94. The average molecular weight is 437 g/mol. The van der Waals surface area contributed by atoms with Gasteiger partial charge in [-0.2, -0.15) is 13.2 Å². The normalized spacial score (nSPS) is 17.3. The Balaban J connectivity index is 1.80. The number of hydrogen-bond donors (Lipinski definition) is 0. The molecule has 0 bridgehead atoms. The van der Waals surface area contributed by atoms with E-state index in [0.29, 0.717) is 29.7 Å². The fraction of sp³-hybridized carbons (Fsp3) is 0.273. The van der Waals surface area contributed by atoms with Gasteiger partial charge in [-0.15, -0.1) is 10.2 Å². The van der Waals surface area contributed by atoms with Crippen LogP contribution in [0.15, 0.2) is 42.5 Å². The molecule has 0 radical (unpaired) electrons. The number of benzene rings is 2. The van der Waals surface area contributed by atoms with Crippen LogP contribution >= 0.6 is 0 Å². The highest BCUT2D eigenvalue weighted by Gasteiger charge is 2.33. The predicted molar refractivity (Wildman–Crippen MR) is 102 cm³/mol. The molecule has 1 aliphatic heterocycles. The molecule has 0 N–H and O–H groups in total. The van der Waals surface area contributed by atoms with Crippen molar-refractivity contribution in [3.8, 4) is 11.3 Å².